The van der Waals surface area contributed by atoms with Crippen LogP contribution in [0.5, 0.6) is 17.4 Å². The van der Waals surface area contributed by atoms with Crippen LogP contribution < -0.4 is 9.47 Å². The molecule has 2 aliphatic rings. The summed E-state index contributed by atoms with van der Waals surface area (Å²) < 4.78 is 22.4. The number of Topliss-reactive ketones (excluding diaryl/α,β-unsaturated/α-hetero) is 1. The van der Waals surface area contributed by atoms with Crippen LogP contribution in [0.3, 0.4) is 0 Å². The second-order valence-corrected chi connectivity index (χ2v) is 7.07. The molecule has 0 bridgehead atoms. The molecule has 0 fully saturated rings. The first-order valence-electron chi connectivity index (χ1n) is 9.42. The molecule has 0 aliphatic carbocycles. The van der Waals surface area contributed by atoms with E-state index in [9.17, 15) is 9.59 Å². The van der Waals surface area contributed by atoms with Crippen molar-refractivity contribution in [3.8, 4) is 17.4 Å². The molecule has 1 atom stereocenters. The minimum atomic E-state index is -0.419. The molecule has 3 aromatic rings. The predicted octanol–water partition coefficient (Wildman–Crippen LogP) is 4.40. The standard InChI is InChI=1S/C23H17NO6/c1-12-5-6-13(28-12)10-18-21(26)15-7-8-17-20(22(15)29-18)16(11-19(25)27-2)14-4-3-9-24-23(14)30-17/h3-10,16H,11H2,1-2H3/b18-10-. The number of carbonyl (C=O) groups is 2. The summed E-state index contributed by atoms with van der Waals surface area (Å²) in [5.74, 6) is 1.66. The van der Waals surface area contributed by atoms with Crippen LogP contribution >= 0.6 is 0 Å². The summed E-state index contributed by atoms with van der Waals surface area (Å²) in [7, 11) is 1.34. The van der Waals surface area contributed by atoms with Crippen molar-refractivity contribution in [2.45, 2.75) is 19.3 Å². The molecule has 0 radical (unpaired) electrons. The van der Waals surface area contributed by atoms with Gasteiger partial charge in [-0.15, -0.1) is 0 Å². The van der Waals surface area contributed by atoms with Gasteiger partial charge in [0.2, 0.25) is 11.7 Å². The van der Waals surface area contributed by atoms with Gasteiger partial charge in [-0.3, -0.25) is 9.59 Å². The van der Waals surface area contributed by atoms with Crippen LogP contribution in [0.1, 0.15) is 45.3 Å². The molecule has 30 heavy (non-hydrogen) atoms. The fourth-order valence-electron chi connectivity index (χ4n) is 3.81. The minimum Gasteiger partial charge on any atom is -0.469 e. The quantitative estimate of drug-likeness (QED) is 0.473. The Labute approximate surface area is 171 Å². The summed E-state index contributed by atoms with van der Waals surface area (Å²) in [6.45, 7) is 1.82. The Morgan fingerprint density at radius 2 is 2.07 bits per heavy atom. The average molecular weight is 403 g/mol. The third kappa shape index (κ3) is 2.86. The van der Waals surface area contributed by atoms with Gasteiger partial charge in [0.05, 0.1) is 19.1 Å². The molecule has 0 saturated heterocycles. The number of hydrogen-bond donors (Lipinski definition) is 0. The number of ether oxygens (including phenoxy) is 3. The highest BCUT2D eigenvalue weighted by atomic mass is 16.5. The third-order valence-corrected chi connectivity index (χ3v) is 5.20. The number of fused-ring (bicyclic) bond motifs is 4. The van der Waals surface area contributed by atoms with Crippen molar-refractivity contribution in [1.29, 1.82) is 0 Å². The number of aryl methyl sites for hydroxylation is 1. The van der Waals surface area contributed by atoms with E-state index in [1.165, 1.54) is 7.11 Å². The number of furan rings is 1. The number of nitrogens with zero attached hydrogens (tertiary/aromatic N) is 1. The van der Waals surface area contributed by atoms with E-state index in [1.807, 2.05) is 19.1 Å². The van der Waals surface area contributed by atoms with E-state index < -0.39 is 5.92 Å². The number of rotatable bonds is 3. The van der Waals surface area contributed by atoms with Crippen molar-refractivity contribution < 1.29 is 28.2 Å². The minimum absolute atomic E-state index is 0.0655. The number of allylic oxidation sites excluding steroid dienone is 1. The van der Waals surface area contributed by atoms with Gasteiger partial charge in [0, 0.05) is 29.3 Å². The van der Waals surface area contributed by atoms with Gasteiger partial charge in [-0.05, 0) is 37.3 Å². The maximum Gasteiger partial charge on any atom is 0.306 e. The maximum absolute atomic E-state index is 12.9. The van der Waals surface area contributed by atoms with Crippen LogP contribution in [-0.4, -0.2) is 23.8 Å². The zero-order valence-electron chi connectivity index (χ0n) is 16.3. The lowest BCUT2D eigenvalue weighted by atomic mass is 9.85. The second kappa shape index (κ2) is 6.88. The number of benzene rings is 1. The van der Waals surface area contributed by atoms with Crippen molar-refractivity contribution in [2.24, 2.45) is 0 Å². The first kappa shape index (κ1) is 18.2. The van der Waals surface area contributed by atoms with Crippen molar-refractivity contribution >= 4 is 17.8 Å². The Morgan fingerprint density at radius 1 is 1.20 bits per heavy atom. The van der Waals surface area contributed by atoms with Crippen molar-refractivity contribution in [3.05, 3.63) is 76.6 Å². The molecule has 0 amide bonds. The monoisotopic (exact) mass is 403 g/mol. The number of aromatic nitrogens is 1. The van der Waals surface area contributed by atoms with E-state index in [2.05, 4.69) is 4.98 Å². The lowest BCUT2D eigenvalue weighted by molar-refractivity contribution is -0.140. The van der Waals surface area contributed by atoms with E-state index >= 15 is 0 Å². The molecular weight excluding hydrogens is 386 g/mol. The number of pyridine rings is 1. The average Bonchev–Trinajstić information content (AvgIpc) is 3.30. The second-order valence-electron chi connectivity index (χ2n) is 7.07. The number of carbonyl (C=O) groups excluding carboxylic acids is 2. The smallest absolute Gasteiger partial charge is 0.306 e. The van der Waals surface area contributed by atoms with Crippen LogP contribution in [0.4, 0.5) is 0 Å². The lowest BCUT2D eigenvalue weighted by Gasteiger charge is -2.27. The van der Waals surface area contributed by atoms with Gasteiger partial charge in [-0.1, -0.05) is 6.07 Å². The van der Waals surface area contributed by atoms with Gasteiger partial charge in [0.1, 0.15) is 23.0 Å². The summed E-state index contributed by atoms with van der Waals surface area (Å²) in [5.41, 5.74) is 1.78. The Balaban J connectivity index is 1.63. The fourth-order valence-corrected chi connectivity index (χ4v) is 3.81. The summed E-state index contributed by atoms with van der Waals surface area (Å²) in [4.78, 5) is 29.4. The summed E-state index contributed by atoms with van der Waals surface area (Å²) in [6.07, 6.45) is 3.25. The normalized spacial score (nSPS) is 17.6. The predicted molar refractivity (Wildman–Crippen MR) is 106 cm³/mol. The van der Waals surface area contributed by atoms with Gasteiger partial charge in [-0.2, -0.15) is 0 Å². The van der Waals surface area contributed by atoms with E-state index in [4.69, 9.17) is 18.6 Å². The molecule has 2 aliphatic heterocycles. The molecule has 2 aromatic heterocycles. The number of ketones is 1. The van der Waals surface area contributed by atoms with E-state index in [1.54, 1.807) is 36.5 Å². The molecule has 7 heteroatoms. The molecule has 5 rings (SSSR count). The first-order valence-corrected chi connectivity index (χ1v) is 9.42. The Hall–Kier alpha value is -3.87. The molecule has 0 saturated carbocycles. The van der Waals surface area contributed by atoms with E-state index in [0.29, 0.717) is 34.3 Å². The number of methoxy groups -OCH3 is 1. The van der Waals surface area contributed by atoms with Crippen molar-refractivity contribution in [1.82, 2.24) is 4.98 Å². The highest BCUT2D eigenvalue weighted by molar-refractivity contribution is 6.15. The van der Waals surface area contributed by atoms with Gasteiger partial charge in [0.15, 0.2) is 5.76 Å². The fraction of sp³-hybridized carbons (Fsp3) is 0.174. The molecule has 0 N–H and O–H groups in total. The summed E-state index contributed by atoms with van der Waals surface area (Å²) in [6, 6.07) is 10.6. The maximum atomic E-state index is 12.9. The molecule has 150 valence electrons. The van der Waals surface area contributed by atoms with Crippen LogP contribution in [0.15, 0.2) is 52.8 Å². The Kier molecular flexibility index (Phi) is 4.17. The topological polar surface area (TPSA) is 87.9 Å². The zero-order chi connectivity index (χ0) is 20.8. The SMILES string of the molecule is COC(=O)CC1c2cccnc2Oc2ccc3c(c21)O/C(=C\c1ccc(C)o1)C3=O. The molecule has 7 nitrogen and oxygen atoms in total. The lowest BCUT2D eigenvalue weighted by Crippen LogP contribution is -2.16. The molecule has 1 aromatic carbocycles. The summed E-state index contributed by atoms with van der Waals surface area (Å²) in [5, 5.41) is 0. The van der Waals surface area contributed by atoms with Gasteiger partial charge >= 0.3 is 5.97 Å². The summed E-state index contributed by atoms with van der Waals surface area (Å²) >= 11 is 0. The highest BCUT2D eigenvalue weighted by Crippen LogP contribution is 2.52. The molecule has 4 heterocycles. The van der Waals surface area contributed by atoms with Gasteiger partial charge in [0.25, 0.3) is 0 Å². The van der Waals surface area contributed by atoms with E-state index in [-0.39, 0.29) is 23.9 Å². The molecular formula is C23H17NO6. The Bertz CT molecular complexity index is 1220. The van der Waals surface area contributed by atoms with E-state index in [0.717, 1.165) is 11.3 Å². The largest absolute Gasteiger partial charge is 0.469 e. The van der Waals surface area contributed by atoms with Crippen LogP contribution in [0, 0.1) is 6.92 Å². The molecule has 1 unspecified atom stereocenters. The number of esters is 1. The van der Waals surface area contributed by atoms with Gasteiger partial charge in [-0.25, -0.2) is 4.98 Å². The van der Waals surface area contributed by atoms with Crippen molar-refractivity contribution in [2.75, 3.05) is 7.11 Å². The molecule has 0 spiro atoms. The first-order chi connectivity index (χ1) is 14.5. The highest BCUT2D eigenvalue weighted by Gasteiger charge is 2.39. The Morgan fingerprint density at radius 3 is 2.83 bits per heavy atom. The van der Waals surface area contributed by atoms with Crippen LogP contribution in [0.2, 0.25) is 0 Å². The number of hydrogen-bond acceptors (Lipinski definition) is 7. The third-order valence-electron chi connectivity index (χ3n) is 5.20. The van der Waals surface area contributed by atoms with Crippen LogP contribution in [-0.2, 0) is 9.53 Å². The van der Waals surface area contributed by atoms with Gasteiger partial charge < -0.3 is 18.6 Å². The zero-order valence-corrected chi connectivity index (χ0v) is 16.3. The van der Waals surface area contributed by atoms with Crippen LogP contribution in [0.25, 0.3) is 6.08 Å². The van der Waals surface area contributed by atoms with Crippen molar-refractivity contribution in [3.63, 3.8) is 0 Å².